The number of nitrogens with two attached hydrogens (primary N) is 1. The van der Waals surface area contributed by atoms with Gasteiger partial charge in [-0.15, -0.1) is 0 Å². The van der Waals surface area contributed by atoms with Gasteiger partial charge in [-0.05, 0) is 55.5 Å². The molecule has 3 aromatic heterocycles. The molecule has 0 saturated heterocycles. The molecule has 0 spiro atoms. The van der Waals surface area contributed by atoms with E-state index in [1.807, 2.05) is 49.5 Å². The number of fused-ring (bicyclic) bond motifs is 1. The van der Waals surface area contributed by atoms with Crippen LogP contribution in [0.25, 0.3) is 23.5 Å². The van der Waals surface area contributed by atoms with Crippen molar-refractivity contribution in [3.63, 3.8) is 0 Å². The largest absolute Gasteiger partial charge is 0.399 e. The number of hydrogen-bond acceptors (Lipinski definition) is 4. The topological polar surface area (TPSA) is 78.2 Å². The van der Waals surface area contributed by atoms with Gasteiger partial charge < -0.3 is 5.73 Å². The van der Waals surface area contributed by atoms with E-state index in [-0.39, 0.29) is 5.56 Å². The Balaban J connectivity index is 1.74. The molecular weight excluding hydrogens is 326 g/mol. The Bertz CT molecular complexity index is 1170. The molecule has 0 fully saturated rings. The predicted octanol–water partition coefficient (Wildman–Crippen LogP) is 2.94. The molecule has 128 valence electrons. The molecule has 0 aliphatic rings. The number of rotatable bonds is 3. The summed E-state index contributed by atoms with van der Waals surface area (Å²) in [5.74, 6) is 0. The number of aromatic nitrogens is 4. The SMILES string of the molecule is Cc1cccc(C=Cc2cc(=O)n3c(ccn3-c3ccc(N)cc3)n2)n1. The Labute approximate surface area is 149 Å². The maximum absolute atomic E-state index is 12.6. The molecular formula is C20H17N5O. The zero-order valence-corrected chi connectivity index (χ0v) is 14.2. The second-order valence-electron chi connectivity index (χ2n) is 5.98. The first kappa shape index (κ1) is 15.8. The van der Waals surface area contributed by atoms with Crippen LogP contribution in [0.2, 0.25) is 0 Å². The molecule has 4 rings (SSSR count). The smallest absolute Gasteiger partial charge is 0.273 e. The van der Waals surface area contributed by atoms with E-state index in [2.05, 4.69) is 9.97 Å². The van der Waals surface area contributed by atoms with Crippen molar-refractivity contribution in [3.8, 4) is 5.69 Å². The molecule has 0 unspecified atom stereocenters. The molecule has 0 bridgehead atoms. The third kappa shape index (κ3) is 3.00. The molecule has 0 atom stereocenters. The lowest BCUT2D eigenvalue weighted by molar-refractivity contribution is 0.763. The van der Waals surface area contributed by atoms with Crippen molar-refractivity contribution in [2.75, 3.05) is 5.73 Å². The van der Waals surface area contributed by atoms with E-state index in [0.29, 0.717) is 17.0 Å². The first-order valence-electron chi connectivity index (χ1n) is 8.19. The number of benzene rings is 1. The highest BCUT2D eigenvalue weighted by Crippen LogP contribution is 2.13. The van der Waals surface area contributed by atoms with Gasteiger partial charge in [-0.25, -0.2) is 4.98 Å². The quantitative estimate of drug-likeness (QED) is 0.580. The van der Waals surface area contributed by atoms with Gasteiger partial charge in [-0.3, -0.25) is 14.5 Å². The summed E-state index contributed by atoms with van der Waals surface area (Å²) < 4.78 is 3.27. The van der Waals surface area contributed by atoms with E-state index in [4.69, 9.17) is 5.73 Å². The fourth-order valence-electron chi connectivity index (χ4n) is 2.78. The van der Waals surface area contributed by atoms with E-state index in [0.717, 1.165) is 17.1 Å². The molecule has 26 heavy (non-hydrogen) atoms. The van der Waals surface area contributed by atoms with E-state index in [1.54, 1.807) is 29.0 Å². The lowest BCUT2D eigenvalue weighted by Gasteiger charge is -2.07. The maximum Gasteiger partial charge on any atom is 0.273 e. The van der Waals surface area contributed by atoms with E-state index in [1.165, 1.54) is 10.6 Å². The number of aryl methyl sites for hydroxylation is 1. The number of nitrogen functional groups attached to an aromatic ring is 1. The molecule has 0 radical (unpaired) electrons. The number of anilines is 1. The molecule has 0 amide bonds. The van der Waals surface area contributed by atoms with Crippen LogP contribution in [-0.4, -0.2) is 19.2 Å². The van der Waals surface area contributed by atoms with E-state index >= 15 is 0 Å². The average molecular weight is 343 g/mol. The summed E-state index contributed by atoms with van der Waals surface area (Å²) in [4.78, 5) is 21.6. The van der Waals surface area contributed by atoms with Gasteiger partial charge in [0.05, 0.1) is 17.1 Å². The first-order chi connectivity index (χ1) is 12.6. The van der Waals surface area contributed by atoms with Crippen molar-refractivity contribution in [2.24, 2.45) is 0 Å². The van der Waals surface area contributed by atoms with Gasteiger partial charge in [0.15, 0.2) is 5.65 Å². The zero-order valence-electron chi connectivity index (χ0n) is 14.2. The zero-order chi connectivity index (χ0) is 18.1. The van der Waals surface area contributed by atoms with E-state index in [9.17, 15) is 4.79 Å². The van der Waals surface area contributed by atoms with E-state index < -0.39 is 0 Å². The van der Waals surface area contributed by atoms with Crippen LogP contribution in [0.1, 0.15) is 17.1 Å². The highest BCUT2D eigenvalue weighted by Gasteiger charge is 2.07. The summed E-state index contributed by atoms with van der Waals surface area (Å²) in [6.07, 6.45) is 5.46. The summed E-state index contributed by atoms with van der Waals surface area (Å²) in [5, 5.41) is 0. The minimum atomic E-state index is -0.159. The molecule has 2 N–H and O–H groups in total. The van der Waals surface area contributed by atoms with Crippen molar-refractivity contribution < 1.29 is 0 Å². The Morgan fingerprint density at radius 3 is 2.50 bits per heavy atom. The van der Waals surface area contributed by atoms with Crippen molar-refractivity contribution in [1.29, 1.82) is 0 Å². The fraction of sp³-hybridized carbons (Fsp3) is 0.0500. The Morgan fingerprint density at radius 1 is 0.962 bits per heavy atom. The van der Waals surface area contributed by atoms with Gasteiger partial charge in [0.2, 0.25) is 0 Å². The average Bonchev–Trinajstić information content (AvgIpc) is 3.05. The maximum atomic E-state index is 12.6. The van der Waals surface area contributed by atoms with Gasteiger partial charge >= 0.3 is 0 Å². The van der Waals surface area contributed by atoms with Crippen LogP contribution < -0.4 is 11.3 Å². The first-order valence-corrected chi connectivity index (χ1v) is 8.19. The Kier molecular flexibility index (Phi) is 3.85. The van der Waals surface area contributed by atoms with Crippen molar-refractivity contribution in [2.45, 2.75) is 6.92 Å². The molecule has 6 nitrogen and oxygen atoms in total. The molecule has 0 aliphatic heterocycles. The standard InChI is InChI=1S/C20H17N5O/c1-14-3-2-4-16(22-14)7-8-17-13-20(26)25-19(23-17)11-12-24(25)18-9-5-15(21)6-10-18/h2-13H,21H2,1H3. The molecule has 0 aliphatic carbocycles. The third-order valence-corrected chi connectivity index (χ3v) is 4.01. The van der Waals surface area contributed by atoms with Crippen LogP contribution in [-0.2, 0) is 0 Å². The Morgan fingerprint density at radius 2 is 1.73 bits per heavy atom. The van der Waals surface area contributed by atoms with Gasteiger partial charge in [0.25, 0.3) is 5.56 Å². The number of nitrogens with zero attached hydrogens (tertiary/aromatic N) is 4. The van der Waals surface area contributed by atoms with Crippen molar-refractivity contribution in [3.05, 3.63) is 88.2 Å². The normalized spacial score (nSPS) is 11.4. The summed E-state index contributed by atoms with van der Waals surface area (Å²) in [6.45, 7) is 1.94. The summed E-state index contributed by atoms with van der Waals surface area (Å²) in [6, 6.07) is 16.4. The molecule has 0 saturated carbocycles. The van der Waals surface area contributed by atoms with Crippen LogP contribution in [0.5, 0.6) is 0 Å². The van der Waals surface area contributed by atoms with Gasteiger partial charge in [0, 0.05) is 29.7 Å². The van der Waals surface area contributed by atoms with Crippen LogP contribution in [0, 0.1) is 6.92 Å². The molecule has 6 heteroatoms. The fourth-order valence-corrected chi connectivity index (χ4v) is 2.78. The minimum Gasteiger partial charge on any atom is -0.399 e. The van der Waals surface area contributed by atoms with Crippen molar-refractivity contribution >= 4 is 23.5 Å². The van der Waals surface area contributed by atoms with Crippen LogP contribution in [0.3, 0.4) is 0 Å². The van der Waals surface area contributed by atoms with Crippen molar-refractivity contribution in [1.82, 2.24) is 19.2 Å². The lowest BCUT2D eigenvalue weighted by Crippen LogP contribution is -2.19. The molecule has 4 aromatic rings. The van der Waals surface area contributed by atoms with Crippen LogP contribution in [0.4, 0.5) is 5.69 Å². The second kappa shape index (κ2) is 6.33. The van der Waals surface area contributed by atoms with Crippen LogP contribution >= 0.6 is 0 Å². The summed E-state index contributed by atoms with van der Waals surface area (Å²) in [7, 11) is 0. The number of hydrogen-bond donors (Lipinski definition) is 1. The molecule has 3 heterocycles. The highest BCUT2D eigenvalue weighted by molar-refractivity contribution is 5.67. The monoisotopic (exact) mass is 343 g/mol. The van der Waals surface area contributed by atoms with Gasteiger partial charge in [0.1, 0.15) is 0 Å². The summed E-state index contributed by atoms with van der Waals surface area (Å²) in [5.41, 5.74) is 10.0. The minimum absolute atomic E-state index is 0.159. The Hall–Kier alpha value is -3.67. The highest BCUT2D eigenvalue weighted by atomic mass is 16.1. The summed E-state index contributed by atoms with van der Waals surface area (Å²) >= 11 is 0. The van der Waals surface area contributed by atoms with Gasteiger partial charge in [-0.2, -0.15) is 4.52 Å². The van der Waals surface area contributed by atoms with Gasteiger partial charge in [-0.1, -0.05) is 6.07 Å². The third-order valence-electron chi connectivity index (χ3n) is 4.01. The number of pyridine rings is 1. The molecule has 1 aromatic carbocycles. The lowest BCUT2D eigenvalue weighted by atomic mass is 10.2. The predicted molar refractivity (Wildman–Crippen MR) is 103 cm³/mol. The van der Waals surface area contributed by atoms with Crippen LogP contribution in [0.15, 0.2) is 65.6 Å². The second-order valence-corrected chi connectivity index (χ2v) is 5.98.